The minimum absolute atomic E-state index is 0.0554. The van der Waals surface area contributed by atoms with Crippen LogP contribution in [0.3, 0.4) is 0 Å². The molecule has 1 aliphatic rings. The van der Waals surface area contributed by atoms with Crippen LogP contribution in [0.5, 0.6) is 0 Å². The summed E-state index contributed by atoms with van der Waals surface area (Å²) >= 11 is 0. The zero-order valence-corrected chi connectivity index (χ0v) is 14.5. The second-order valence-corrected chi connectivity index (χ2v) is 6.79. The minimum atomic E-state index is -0.756. The Kier molecular flexibility index (Phi) is 5.58. The van der Waals surface area contributed by atoms with Crippen LogP contribution >= 0.6 is 0 Å². The van der Waals surface area contributed by atoms with E-state index in [1.54, 1.807) is 0 Å². The lowest BCUT2D eigenvalue weighted by Gasteiger charge is -2.31. The molecule has 6 nitrogen and oxygen atoms in total. The van der Waals surface area contributed by atoms with Crippen LogP contribution in [0, 0.1) is 28.1 Å². The average molecular weight is 317 g/mol. The van der Waals surface area contributed by atoms with Crippen LogP contribution in [-0.2, 0) is 14.3 Å². The number of allylic oxidation sites excluding steroid dienone is 1. The number of carbonyl (C=O) groups is 1. The number of hydrogen-bond donors (Lipinski definition) is 1. The maximum atomic E-state index is 12.2. The lowest BCUT2D eigenvalue weighted by Crippen LogP contribution is -2.30. The van der Waals surface area contributed by atoms with Crippen LogP contribution in [0.1, 0.15) is 34.6 Å². The van der Waals surface area contributed by atoms with Gasteiger partial charge in [0.05, 0.1) is 12.2 Å². The number of nitrogens with zero attached hydrogens (tertiary/aromatic N) is 2. The molecule has 0 aromatic heterocycles. The Labute approximate surface area is 137 Å². The molecule has 0 bridgehead atoms. The summed E-state index contributed by atoms with van der Waals surface area (Å²) in [5.74, 6) is -0.516. The van der Waals surface area contributed by atoms with Crippen molar-refractivity contribution in [1.29, 1.82) is 10.5 Å². The molecule has 1 aliphatic heterocycles. The highest BCUT2D eigenvalue weighted by Gasteiger charge is 2.45. The molecule has 1 N–H and O–H groups in total. The predicted molar refractivity (Wildman–Crippen MR) is 84.8 cm³/mol. The number of carbonyl (C=O) groups excluding carboxylic acids is 1. The molecule has 0 spiro atoms. The molecule has 0 unspecified atom stereocenters. The first-order valence-corrected chi connectivity index (χ1v) is 7.36. The van der Waals surface area contributed by atoms with Crippen molar-refractivity contribution in [1.82, 2.24) is 5.32 Å². The van der Waals surface area contributed by atoms with E-state index in [4.69, 9.17) is 9.47 Å². The monoisotopic (exact) mass is 317 g/mol. The number of nitriles is 2. The molecule has 124 valence electrons. The Morgan fingerprint density at radius 1 is 1.35 bits per heavy atom. The smallest absolute Gasteiger partial charge is 0.265 e. The van der Waals surface area contributed by atoms with Gasteiger partial charge in [0.15, 0.2) is 11.3 Å². The molecule has 1 rings (SSSR count). The number of amides is 1. The first-order chi connectivity index (χ1) is 10.6. The zero-order valence-electron chi connectivity index (χ0n) is 14.5. The molecule has 0 fully saturated rings. The van der Waals surface area contributed by atoms with Crippen LogP contribution in [0.15, 0.2) is 22.5 Å². The maximum Gasteiger partial charge on any atom is 0.265 e. The molecule has 0 saturated heterocycles. The van der Waals surface area contributed by atoms with E-state index in [9.17, 15) is 15.3 Å². The van der Waals surface area contributed by atoms with Crippen molar-refractivity contribution in [3.05, 3.63) is 22.5 Å². The first-order valence-electron chi connectivity index (χ1n) is 7.36. The highest BCUT2D eigenvalue weighted by Crippen LogP contribution is 2.47. The molecule has 0 aromatic rings. The Balaban J connectivity index is 3.40. The lowest BCUT2D eigenvalue weighted by atomic mass is 9.76. The standard InChI is InChI=1S/C17H23N3O3/c1-16(2,3)14-11(9-18)13(23-17(14,4)5)12(10-19)15(21)20-7-8-22-6/h7-8H2,1-6H3,(H,20,21)/b13-12-. The number of hydrogen-bond acceptors (Lipinski definition) is 5. The van der Waals surface area contributed by atoms with Gasteiger partial charge in [-0.1, -0.05) is 20.8 Å². The lowest BCUT2D eigenvalue weighted by molar-refractivity contribution is -0.117. The third-order valence-corrected chi connectivity index (χ3v) is 3.46. The third kappa shape index (κ3) is 3.91. The molecule has 0 aliphatic carbocycles. The summed E-state index contributed by atoms with van der Waals surface area (Å²) in [6.07, 6.45) is 0. The number of methoxy groups -OCH3 is 1. The fourth-order valence-corrected chi connectivity index (χ4v) is 2.89. The van der Waals surface area contributed by atoms with E-state index >= 15 is 0 Å². The second kappa shape index (κ2) is 6.85. The molecule has 1 heterocycles. The highest BCUT2D eigenvalue weighted by molar-refractivity contribution is 5.99. The summed E-state index contributed by atoms with van der Waals surface area (Å²) in [6.45, 7) is 10.2. The maximum absolute atomic E-state index is 12.2. The van der Waals surface area contributed by atoms with E-state index in [-0.39, 0.29) is 28.9 Å². The molecular weight excluding hydrogens is 294 g/mol. The molecule has 0 radical (unpaired) electrons. The van der Waals surface area contributed by atoms with Crippen molar-refractivity contribution in [2.75, 3.05) is 20.3 Å². The molecule has 23 heavy (non-hydrogen) atoms. The highest BCUT2D eigenvalue weighted by atomic mass is 16.5. The van der Waals surface area contributed by atoms with Gasteiger partial charge < -0.3 is 14.8 Å². The minimum Gasteiger partial charge on any atom is -0.480 e. The van der Waals surface area contributed by atoms with Crippen LogP contribution in [-0.4, -0.2) is 31.8 Å². The molecule has 0 saturated carbocycles. The van der Waals surface area contributed by atoms with Gasteiger partial charge in [-0.05, 0) is 24.8 Å². The molecule has 0 atom stereocenters. The zero-order chi connectivity index (χ0) is 17.8. The molecular formula is C17H23N3O3. The molecule has 0 aromatic carbocycles. The van der Waals surface area contributed by atoms with Gasteiger partial charge in [-0.3, -0.25) is 4.79 Å². The summed E-state index contributed by atoms with van der Waals surface area (Å²) in [5.41, 5.74) is -0.234. The van der Waals surface area contributed by atoms with E-state index in [2.05, 4.69) is 11.4 Å². The fraction of sp³-hybridized carbons (Fsp3) is 0.588. The predicted octanol–water partition coefficient (Wildman–Crippen LogP) is 2.20. The largest absolute Gasteiger partial charge is 0.480 e. The molecule has 1 amide bonds. The van der Waals surface area contributed by atoms with Crippen LogP contribution < -0.4 is 5.32 Å². The normalized spacial score (nSPS) is 18.8. The van der Waals surface area contributed by atoms with E-state index in [1.165, 1.54) is 7.11 Å². The van der Waals surface area contributed by atoms with Gasteiger partial charge in [-0.2, -0.15) is 10.5 Å². The van der Waals surface area contributed by atoms with Crippen molar-refractivity contribution in [2.45, 2.75) is 40.2 Å². The Morgan fingerprint density at radius 2 is 1.96 bits per heavy atom. The van der Waals surface area contributed by atoms with Gasteiger partial charge in [0, 0.05) is 13.7 Å². The van der Waals surface area contributed by atoms with Gasteiger partial charge >= 0.3 is 0 Å². The Hall–Kier alpha value is -2.31. The summed E-state index contributed by atoms with van der Waals surface area (Å²) < 4.78 is 10.7. The van der Waals surface area contributed by atoms with Gasteiger partial charge in [0.2, 0.25) is 0 Å². The number of nitrogens with one attached hydrogen (secondary N) is 1. The SMILES string of the molecule is COCCNC(=O)/C(C#N)=C1\OC(C)(C)C(C(C)(C)C)=C1C#N. The number of ether oxygens (including phenoxy) is 2. The summed E-state index contributed by atoms with van der Waals surface area (Å²) in [7, 11) is 1.52. The van der Waals surface area contributed by atoms with E-state index in [1.807, 2.05) is 40.7 Å². The van der Waals surface area contributed by atoms with E-state index in [0.29, 0.717) is 6.61 Å². The van der Waals surface area contributed by atoms with E-state index in [0.717, 1.165) is 5.57 Å². The first kappa shape index (κ1) is 18.7. The van der Waals surface area contributed by atoms with Gasteiger partial charge in [-0.25, -0.2) is 0 Å². The average Bonchev–Trinajstić information content (AvgIpc) is 2.70. The fourth-order valence-electron chi connectivity index (χ4n) is 2.89. The Bertz CT molecular complexity index is 637. The summed E-state index contributed by atoms with van der Waals surface area (Å²) in [6, 6.07) is 3.97. The van der Waals surface area contributed by atoms with Crippen molar-refractivity contribution < 1.29 is 14.3 Å². The topological polar surface area (TPSA) is 95.1 Å². The van der Waals surface area contributed by atoms with Crippen LogP contribution in [0.4, 0.5) is 0 Å². The third-order valence-electron chi connectivity index (χ3n) is 3.46. The Morgan fingerprint density at radius 3 is 2.39 bits per heavy atom. The van der Waals surface area contributed by atoms with Crippen molar-refractivity contribution in [3.8, 4) is 12.1 Å². The van der Waals surface area contributed by atoms with Crippen molar-refractivity contribution in [2.24, 2.45) is 5.41 Å². The molecule has 6 heteroatoms. The van der Waals surface area contributed by atoms with E-state index < -0.39 is 11.5 Å². The van der Waals surface area contributed by atoms with Gasteiger partial charge in [-0.15, -0.1) is 0 Å². The second-order valence-electron chi connectivity index (χ2n) is 6.79. The summed E-state index contributed by atoms with van der Waals surface area (Å²) in [4.78, 5) is 12.2. The quantitative estimate of drug-likeness (QED) is 0.487. The summed E-state index contributed by atoms with van der Waals surface area (Å²) in [5, 5.41) is 21.5. The number of rotatable bonds is 4. The van der Waals surface area contributed by atoms with Crippen LogP contribution in [0.2, 0.25) is 0 Å². The van der Waals surface area contributed by atoms with Crippen molar-refractivity contribution in [3.63, 3.8) is 0 Å². The van der Waals surface area contributed by atoms with Crippen LogP contribution in [0.25, 0.3) is 0 Å². The van der Waals surface area contributed by atoms with Crippen molar-refractivity contribution >= 4 is 5.91 Å². The van der Waals surface area contributed by atoms with Gasteiger partial charge in [0.1, 0.15) is 17.7 Å². The van der Waals surface area contributed by atoms with Gasteiger partial charge in [0.25, 0.3) is 5.91 Å².